The van der Waals surface area contributed by atoms with Crippen LogP contribution in [0.1, 0.15) is 45.4 Å². The summed E-state index contributed by atoms with van der Waals surface area (Å²) in [5.74, 6) is 2.09. The number of hydrogen-bond acceptors (Lipinski definition) is 4. The number of rotatable bonds is 7. The third-order valence-corrected chi connectivity index (χ3v) is 6.51. The quantitative estimate of drug-likeness (QED) is 0.385. The molecule has 8 nitrogen and oxygen atoms in total. The summed E-state index contributed by atoms with van der Waals surface area (Å²) in [4.78, 5) is 33.5. The molecule has 1 aromatic carbocycles. The molecule has 0 bridgehead atoms. The number of nitrogens with one attached hydrogen (secondary N) is 2. The van der Waals surface area contributed by atoms with Gasteiger partial charge < -0.3 is 25.2 Å². The van der Waals surface area contributed by atoms with E-state index in [9.17, 15) is 9.59 Å². The van der Waals surface area contributed by atoms with Crippen molar-refractivity contribution in [1.82, 2.24) is 15.5 Å². The van der Waals surface area contributed by atoms with E-state index in [0.29, 0.717) is 19.0 Å². The van der Waals surface area contributed by atoms with Crippen molar-refractivity contribution < 1.29 is 14.3 Å². The minimum Gasteiger partial charge on any atom is -0.482 e. The zero-order valence-electron chi connectivity index (χ0n) is 19.0. The summed E-state index contributed by atoms with van der Waals surface area (Å²) in [7, 11) is 0. The van der Waals surface area contributed by atoms with E-state index in [1.54, 1.807) is 4.90 Å². The van der Waals surface area contributed by atoms with Gasteiger partial charge in [0.05, 0.1) is 5.69 Å². The molecule has 1 aromatic rings. The lowest BCUT2D eigenvalue weighted by atomic mass is 10.1. The van der Waals surface area contributed by atoms with Crippen LogP contribution in [-0.4, -0.2) is 68.0 Å². The van der Waals surface area contributed by atoms with Gasteiger partial charge in [-0.15, -0.1) is 0 Å². The van der Waals surface area contributed by atoms with Gasteiger partial charge in [0.2, 0.25) is 5.91 Å². The lowest BCUT2D eigenvalue weighted by Gasteiger charge is -2.29. The van der Waals surface area contributed by atoms with Crippen molar-refractivity contribution in [3.05, 3.63) is 24.3 Å². The number of nitrogens with zero attached hydrogens (tertiary/aromatic N) is 3. The summed E-state index contributed by atoms with van der Waals surface area (Å²) < 4.78 is 5.51. The number of benzene rings is 1. The first-order valence-corrected chi connectivity index (χ1v) is 12.0. The molecule has 2 amide bonds. The zero-order valence-corrected chi connectivity index (χ0v) is 19.0. The first-order valence-electron chi connectivity index (χ1n) is 12.0. The van der Waals surface area contributed by atoms with Crippen LogP contribution in [0.15, 0.2) is 29.3 Å². The zero-order chi connectivity index (χ0) is 22.3. The van der Waals surface area contributed by atoms with E-state index in [1.165, 1.54) is 12.8 Å². The predicted molar refractivity (Wildman–Crippen MR) is 125 cm³/mol. The highest BCUT2D eigenvalue weighted by atomic mass is 16.5. The van der Waals surface area contributed by atoms with Crippen LogP contribution in [0, 0.1) is 5.92 Å². The molecule has 2 fully saturated rings. The summed E-state index contributed by atoms with van der Waals surface area (Å²) >= 11 is 0. The maximum absolute atomic E-state index is 12.7. The van der Waals surface area contributed by atoms with E-state index in [0.717, 1.165) is 62.7 Å². The number of carbonyl (C=O) groups excluding carboxylic acids is 2. The maximum atomic E-state index is 12.7. The minimum atomic E-state index is -0.0179. The molecule has 1 saturated heterocycles. The van der Waals surface area contributed by atoms with Gasteiger partial charge >= 0.3 is 0 Å². The number of aliphatic imine (C=N–C) groups is 1. The molecule has 174 valence electrons. The molecular weight excluding hydrogens is 406 g/mol. The van der Waals surface area contributed by atoms with Gasteiger partial charge in [-0.1, -0.05) is 25.0 Å². The summed E-state index contributed by atoms with van der Waals surface area (Å²) in [5.41, 5.74) is 0.829. The Morgan fingerprint density at radius 2 is 2.03 bits per heavy atom. The summed E-state index contributed by atoms with van der Waals surface area (Å²) in [6.07, 6.45) is 6.17. The molecule has 2 aliphatic heterocycles. The van der Waals surface area contributed by atoms with Gasteiger partial charge in [0.15, 0.2) is 12.6 Å². The van der Waals surface area contributed by atoms with Crippen molar-refractivity contribution >= 4 is 23.5 Å². The summed E-state index contributed by atoms with van der Waals surface area (Å²) in [5, 5.41) is 6.81. The van der Waals surface area contributed by atoms with E-state index >= 15 is 0 Å². The van der Waals surface area contributed by atoms with Crippen LogP contribution in [0.2, 0.25) is 0 Å². The number of likely N-dealkylation sites (tertiary alicyclic amines) is 1. The molecule has 1 aliphatic carbocycles. The minimum absolute atomic E-state index is 0.0179. The van der Waals surface area contributed by atoms with Gasteiger partial charge in [-0.25, -0.2) is 0 Å². The molecule has 3 aliphatic rings. The van der Waals surface area contributed by atoms with E-state index in [-0.39, 0.29) is 24.5 Å². The fourth-order valence-corrected chi connectivity index (χ4v) is 4.84. The first-order chi connectivity index (χ1) is 15.7. The Morgan fingerprint density at radius 3 is 2.84 bits per heavy atom. The molecule has 2 N–H and O–H groups in total. The third-order valence-electron chi connectivity index (χ3n) is 6.51. The van der Waals surface area contributed by atoms with Gasteiger partial charge in [-0.2, -0.15) is 0 Å². The molecule has 2 heterocycles. The Labute approximate surface area is 190 Å². The van der Waals surface area contributed by atoms with Crippen LogP contribution in [0.4, 0.5) is 5.69 Å². The number of hydrogen-bond donors (Lipinski definition) is 2. The van der Waals surface area contributed by atoms with E-state index in [1.807, 2.05) is 36.1 Å². The average Bonchev–Trinajstić information content (AvgIpc) is 3.50. The highest BCUT2D eigenvalue weighted by Crippen LogP contribution is 2.31. The standard InChI is InChI=1S/C24H35N5O3/c1-2-25-24(27-19-12-15-28(16-19)23(31)18-8-3-4-9-18)26-13-7-14-29-20-10-5-6-11-21(20)32-17-22(29)30/h5-6,10-11,18-19H,2-4,7-9,12-17H2,1H3,(H2,25,26,27). The van der Waals surface area contributed by atoms with Crippen molar-refractivity contribution in [2.45, 2.75) is 51.5 Å². The Morgan fingerprint density at radius 1 is 1.22 bits per heavy atom. The smallest absolute Gasteiger partial charge is 0.265 e. The molecule has 4 rings (SSSR count). The molecule has 8 heteroatoms. The SMILES string of the molecule is CCNC(=NCCCN1C(=O)COc2ccccc21)NC1CCN(C(=O)C2CCCC2)C1. The number of para-hydroxylation sites is 2. The van der Waals surface area contributed by atoms with E-state index in [2.05, 4.69) is 10.6 Å². The predicted octanol–water partition coefficient (Wildman–Crippen LogP) is 2.15. The molecular formula is C24H35N5O3. The number of ether oxygens (including phenoxy) is 1. The lowest BCUT2D eigenvalue weighted by Crippen LogP contribution is -2.45. The maximum Gasteiger partial charge on any atom is 0.265 e. The van der Waals surface area contributed by atoms with Crippen molar-refractivity contribution in [2.24, 2.45) is 10.9 Å². The van der Waals surface area contributed by atoms with E-state index < -0.39 is 0 Å². The summed E-state index contributed by atoms with van der Waals surface area (Å²) in [6, 6.07) is 7.87. The van der Waals surface area contributed by atoms with Gasteiger partial charge in [0, 0.05) is 44.7 Å². The van der Waals surface area contributed by atoms with Crippen molar-refractivity contribution in [3.8, 4) is 5.75 Å². The Kier molecular flexibility index (Phi) is 7.50. The second-order valence-corrected chi connectivity index (χ2v) is 8.81. The Balaban J connectivity index is 1.26. The number of fused-ring (bicyclic) bond motifs is 1. The van der Waals surface area contributed by atoms with Gasteiger partial charge in [-0.05, 0) is 44.7 Å². The molecule has 0 aromatic heterocycles. The van der Waals surface area contributed by atoms with Crippen LogP contribution < -0.4 is 20.3 Å². The van der Waals surface area contributed by atoms with Crippen LogP contribution in [0.5, 0.6) is 5.75 Å². The van der Waals surface area contributed by atoms with Crippen LogP contribution in [0.3, 0.4) is 0 Å². The second-order valence-electron chi connectivity index (χ2n) is 8.81. The fraction of sp³-hybridized carbons (Fsp3) is 0.625. The number of amides is 2. The van der Waals surface area contributed by atoms with Crippen LogP contribution in [-0.2, 0) is 9.59 Å². The van der Waals surface area contributed by atoms with Crippen molar-refractivity contribution in [3.63, 3.8) is 0 Å². The van der Waals surface area contributed by atoms with Crippen LogP contribution in [0.25, 0.3) is 0 Å². The molecule has 1 atom stereocenters. The molecule has 0 spiro atoms. The summed E-state index contributed by atoms with van der Waals surface area (Å²) in [6.45, 7) is 5.70. The van der Waals surface area contributed by atoms with Gasteiger partial charge in [0.1, 0.15) is 5.75 Å². The fourth-order valence-electron chi connectivity index (χ4n) is 4.84. The van der Waals surface area contributed by atoms with Gasteiger partial charge in [-0.3, -0.25) is 14.6 Å². The Bertz CT molecular complexity index is 837. The number of guanidine groups is 1. The monoisotopic (exact) mass is 441 g/mol. The van der Waals surface area contributed by atoms with Gasteiger partial charge in [0.25, 0.3) is 5.91 Å². The lowest BCUT2D eigenvalue weighted by molar-refractivity contribution is -0.134. The molecule has 32 heavy (non-hydrogen) atoms. The largest absolute Gasteiger partial charge is 0.482 e. The highest BCUT2D eigenvalue weighted by molar-refractivity contribution is 5.97. The van der Waals surface area contributed by atoms with Crippen molar-refractivity contribution in [1.29, 1.82) is 0 Å². The van der Waals surface area contributed by atoms with Crippen molar-refractivity contribution in [2.75, 3.05) is 44.2 Å². The van der Waals surface area contributed by atoms with Crippen LogP contribution >= 0.6 is 0 Å². The highest BCUT2D eigenvalue weighted by Gasteiger charge is 2.32. The van der Waals surface area contributed by atoms with E-state index in [4.69, 9.17) is 9.73 Å². The molecule has 0 radical (unpaired) electrons. The normalized spacial score (nSPS) is 21.5. The molecule has 1 unspecified atom stereocenters. The topological polar surface area (TPSA) is 86.3 Å². The second kappa shape index (κ2) is 10.7. The number of carbonyl (C=O) groups is 2. The number of anilines is 1. The first kappa shape index (κ1) is 22.4. The Hall–Kier alpha value is -2.77. The molecule has 1 saturated carbocycles. The third kappa shape index (κ3) is 5.34. The average molecular weight is 442 g/mol.